The topological polar surface area (TPSA) is 43.8 Å². The summed E-state index contributed by atoms with van der Waals surface area (Å²) in [4.78, 5) is 4.35. The lowest BCUT2D eigenvalue weighted by Crippen LogP contribution is -2.22. The van der Waals surface area contributed by atoms with Gasteiger partial charge in [-0.25, -0.2) is 4.98 Å². The van der Waals surface area contributed by atoms with Gasteiger partial charge in [-0.1, -0.05) is 19.4 Å². The van der Waals surface area contributed by atoms with Crippen molar-refractivity contribution in [2.24, 2.45) is 12.8 Å². The molecule has 1 aromatic carbocycles. The first kappa shape index (κ1) is 11.1. The Hall–Kier alpha value is -1.35. The van der Waals surface area contributed by atoms with E-state index in [1.807, 2.05) is 17.9 Å². The van der Waals surface area contributed by atoms with Crippen molar-refractivity contribution in [2.75, 3.05) is 0 Å². The minimum Gasteiger partial charge on any atom is -0.334 e. The zero-order valence-electron chi connectivity index (χ0n) is 9.98. The predicted molar refractivity (Wildman–Crippen MR) is 67.3 cm³/mol. The molecule has 3 nitrogen and oxygen atoms in total. The van der Waals surface area contributed by atoms with Gasteiger partial charge < -0.3 is 10.3 Å². The second-order valence-corrected chi connectivity index (χ2v) is 4.43. The van der Waals surface area contributed by atoms with E-state index in [-0.39, 0.29) is 6.04 Å². The van der Waals surface area contributed by atoms with Crippen molar-refractivity contribution in [3.05, 3.63) is 30.1 Å². The van der Waals surface area contributed by atoms with Crippen LogP contribution in [0.3, 0.4) is 0 Å². The average Bonchev–Trinajstić information content (AvgIpc) is 2.60. The van der Waals surface area contributed by atoms with E-state index in [4.69, 9.17) is 5.73 Å². The van der Waals surface area contributed by atoms with Gasteiger partial charge in [0.15, 0.2) is 0 Å². The minimum absolute atomic E-state index is 0.270. The molecule has 16 heavy (non-hydrogen) atoms. The summed E-state index contributed by atoms with van der Waals surface area (Å²) >= 11 is 0. The highest BCUT2D eigenvalue weighted by Crippen LogP contribution is 2.15. The Kier molecular flexibility index (Phi) is 3.25. The maximum Gasteiger partial charge on any atom is 0.0955 e. The Morgan fingerprint density at radius 2 is 2.25 bits per heavy atom. The SMILES string of the molecule is CCCC(N)Cc1ccc2c(c1)ncn2C. The number of benzene rings is 1. The summed E-state index contributed by atoms with van der Waals surface area (Å²) in [5, 5.41) is 0. The van der Waals surface area contributed by atoms with Gasteiger partial charge in [-0.3, -0.25) is 0 Å². The first-order valence-corrected chi connectivity index (χ1v) is 5.86. The summed E-state index contributed by atoms with van der Waals surface area (Å²) in [7, 11) is 2.01. The van der Waals surface area contributed by atoms with Gasteiger partial charge in [0.25, 0.3) is 0 Å². The van der Waals surface area contributed by atoms with Crippen molar-refractivity contribution < 1.29 is 0 Å². The second-order valence-electron chi connectivity index (χ2n) is 4.43. The van der Waals surface area contributed by atoms with Crippen molar-refractivity contribution in [3.8, 4) is 0 Å². The third kappa shape index (κ3) is 2.25. The quantitative estimate of drug-likeness (QED) is 0.853. The highest BCUT2D eigenvalue weighted by Gasteiger charge is 2.05. The Balaban J connectivity index is 2.19. The first-order valence-electron chi connectivity index (χ1n) is 5.86. The molecule has 1 atom stereocenters. The zero-order valence-corrected chi connectivity index (χ0v) is 9.98. The molecular weight excluding hydrogens is 198 g/mol. The summed E-state index contributed by atoms with van der Waals surface area (Å²) in [6.07, 6.45) is 5.02. The van der Waals surface area contributed by atoms with Crippen LogP contribution in [0.4, 0.5) is 0 Å². The molecule has 0 aliphatic carbocycles. The van der Waals surface area contributed by atoms with Gasteiger partial charge >= 0.3 is 0 Å². The number of fused-ring (bicyclic) bond motifs is 1. The molecule has 2 aromatic rings. The molecule has 0 aliphatic rings. The molecule has 0 saturated heterocycles. The number of nitrogens with two attached hydrogens (primary N) is 1. The largest absolute Gasteiger partial charge is 0.334 e. The fraction of sp³-hybridized carbons (Fsp3) is 0.462. The number of aryl methyl sites for hydroxylation is 1. The summed E-state index contributed by atoms with van der Waals surface area (Å²) < 4.78 is 2.03. The normalized spacial score (nSPS) is 13.2. The molecule has 0 amide bonds. The van der Waals surface area contributed by atoms with Crippen LogP contribution in [0.2, 0.25) is 0 Å². The van der Waals surface area contributed by atoms with Crippen LogP contribution in [-0.4, -0.2) is 15.6 Å². The second kappa shape index (κ2) is 4.66. The molecule has 2 N–H and O–H groups in total. The van der Waals surface area contributed by atoms with Gasteiger partial charge in [-0.2, -0.15) is 0 Å². The van der Waals surface area contributed by atoms with Gasteiger partial charge in [-0.05, 0) is 30.5 Å². The molecule has 1 aromatic heterocycles. The lowest BCUT2D eigenvalue weighted by Gasteiger charge is -2.09. The Morgan fingerprint density at radius 3 is 3.00 bits per heavy atom. The van der Waals surface area contributed by atoms with Crippen LogP contribution in [-0.2, 0) is 13.5 Å². The van der Waals surface area contributed by atoms with Crippen LogP contribution in [0, 0.1) is 0 Å². The molecule has 1 heterocycles. The predicted octanol–water partition coefficient (Wildman–Crippen LogP) is 2.24. The third-order valence-electron chi connectivity index (χ3n) is 2.95. The van der Waals surface area contributed by atoms with E-state index in [2.05, 4.69) is 30.1 Å². The molecule has 86 valence electrons. The van der Waals surface area contributed by atoms with Crippen molar-refractivity contribution in [1.82, 2.24) is 9.55 Å². The molecule has 0 radical (unpaired) electrons. The smallest absolute Gasteiger partial charge is 0.0955 e. The van der Waals surface area contributed by atoms with Gasteiger partial charge in [-0.15, -0.1) is 0 Å². The monoisotopic (exact) mass is 217 g/mol. The van der Waals surface area contributed by atoms with E-state index in [1.165, 1.54) is 11.1 Å². The fourth-order valence-electron chi connectivity index (χ4n) is 2.08. The van der Waals surface area contributed by atoms with Crippen LogP contribution >= 0.6 is 0 Å². The number of hydrogen-bond donors (Lipinski definition) is 1. The highest BCUT2D eigenvalue weighted by molar-refractivity contribution is 5.75. The van der Waals surface area contributed by atoms with E-state index in [0.717, 1.165) is 24.8 Å². The first-order chi connectivity index (χ1) is 7.70. The molecule has 2 rings (SSSR count). The maximum atomic E-state index is 6.04. The van der Waals surface area contributed by atoms with Crippen LogP contribution in [0.25, 0.3) is 11.0 Å². The zero-order chi connectivity index (χ0) is 11.5. The number of aromatic nitrogens is 2. The van der Waals surface area contributed by atoms with E-state index < -0.39 is 0 Å². The molecule has 0 saturated carbocycles. The summed E-state index contributed by atoms with van der Waals surface area (Å²) in [6.45, 7) is 2.17. The van der Waals surface area contributed by atoms with Crippen molar-refractivity contribution in [3.63, 3.8) is 0 Å². The summed E-state index contributed by atoms with van der Waals surface area (Å²) in [5.41, 5.74) is 9.56. The van der Waals surface area contributed by atoms with E-state index >= 15 is 0 Å². The van der Waals surface area contributed by atoms with E-state index in [1.54, 1.807) is 0 Å². The van der Waals surface area contributed by atoms with Crippen LogP contribution in [0.15, 0.2) is 24.5 Å². The number of imidazole rings is 1. The number of rotatable bonds is 4. The van der Waals surface area contributed by atoms with Gasteiger partial charge in [0.1, 0.15) is 0 Å². The number of nitrogens with zero attached hydrogens (tertiary/aromatic N) is 2. The Bertz CT molecular complexity index is 473. The molecule has 0 bridgehead atoms. The molecule has 0 fully saturated rings. The van der Waals surface area contributed by atoms with E-state index in [0.29, 0.717) is 0 Å². The minimum atomic E-state index is 0.270. The standard InChI is InChI=1S/C13H19N3/c1-3-4-11(14)7-10-5-6-13-12(8-10)15-9-16(13)2/h5-6,8-9,11H,3-4,7,14H2,1-2H3. The Morgan fingerprint density at radius 1 is 1.44 bits per heavy atom. The molecule has 0 spiro atoms. The van der Waals surface area contributed by atoms with Gasteiger partial charge in [0, 0.05) is 13.1 Å². The molecule has 0 aliphatic heterocycles. The van der Waals surface area contributed by atoms with Crippen LogP contribution in [0.5, 0.6) is 0 Å². The van der Waals surface area contributed by atoms with Crippen molar-refractivity contribution in [1.29, 1.82) is 0 Å². The third-order valence-corrected chi connectivity index (χ3v) is 2.95. The van der Waals surface area contributed by atoms with Crippen molar-refractivity contribution >= 4 is 11.0 Å². The van der Waals surface area contributed by atoms with Crippen LogP contribution in [0.1, 0.15) is 25.3 Å². The van der Waals surface area contributed by atoms with Crippen LogP contribution < -0.4 is 5.73 Å². The number of hydrogen-bond acceptors (Lipinski definition) is 2. The fourth-order valence-corrected chi connectivity index (χ4v) is 2.08. The lowest BCUT2D eigenvalue weighted by molar-refractivity contribution is 0.600. The van der Waals surface area contributed by atoms with Gasteiger partial charge in [0.2, 0.25) is 0 Å². The van der Waals surface area contributed by atoms with Gasteiger partial charge in [0.05, 0.1) is 17.4 Å². The Labute approximate surface area is 96.3 Å². The molecule has 3 heteroatoms. The highest BCUT2D eigenvalue weighted by atomic mass is 15.0. The lowest BCUT2D eigenvalue weighted by atomic mass is 10.0. The average molecular weight is 217 g/mol. The van der Waals surface area contributed by atoms with E-state index in [9.17, 15) is 0 Å². The van der Waals surface area contributed by atoms with Crippen molar-refractivity contribution in [2.45, 2.75) is 32.2 Å². The molecular formula is C13H19N3. The summed E-state index contributed by atoms with van der Waals surface area (Å²) in [5.74, 6) is 0. The molecule has 1 unspecified atom stereocenters. The summed E-state index contributed by atoms with van der Waals surface area (Å²) in [6, 6.07) is 6.69. The maximum absolute atomic E-state index is 6.04.